The molecule has 0 N–H and O–H groups in total. The summed E-state index contributed by atoms with van der Waals surface area (Å²) in [4.78, 5) is 0. The van der Waals surface area contributed by atoms with E-state index >= 15 is 0 Å². The van der Waals surface area contributed by atoms with Crippen LogP contribution in [0.4, 0.5) is 0 Å². The van der Waals surface area contributed by atoms with E-state index in [2.05, 4.69) is 25.2 Å². The molecule has 2 atom stereocenters. The van der Waals surface area contributed by atoms with E-state index in [0.29, 0.717) is 6.04 Å². The highest BCUT2D eigenvalue weighted by atomic mass is 16.5. The number of methoxy groups -OCH3 is 4. The van der Waals surface area contributed by atoms with Crippen molar-refractivity contribution in [1.82, 2.24) is 0 Å². The molecule has 0 unspecified atom stereocenters. The monoisotopic (exact) mass is 370 g/mol. The molecular weight excluding hydrogens is 342 g/mol. The zero-order chi connectivity index (χ0) is 19.2. The quantitative estimate of drug-likeness (QED) is 0.772. The van der Waals surface area contributed by atoms with Crippen LogP contribution in [0.1, 0.15) is 28.3 Å². The molecule has 0 spiro atoms. The lowest BCUT2D eigenvalue weighted by Crippen LogP contribution is -2.53. The van der Waals surface area contributed by atoms with Gasteiger partial charge in [-0.05, 0) is 29.3 Å². The first-order valence-corrected chi connectivity index (χ1v) is 9.36. The zero-order valence-corrected chi connectivity index (χ0v) is 16.8. The maximum absolute atomic E-state index is 5.72. The number of likely N-dealkylation sites (N-methyl/N-ethyl adjacent to an activating group) is 1. The number of hydrogen-bond donors (Lipinski definition) is 0. The van der Waals surface area contributed by atoms with Gasteiger partial charge in [-0.15, -0.1) is 0 Å². The summed E-state index contributed by atoms with van der Waals surface area (Å²) in [6.45, 7) is 2.03. The summed E-state index contributed by atoms with van der Waals surface area (Å²) in [5.74, 6) is 3.31. The summed E-state index contributed by atoms with van der Waals surface area (Å²) in [6.07, 6.45) is 2.01. The Morgan fingerprint density at radius 1 is 0.852 bits per heavy atom. The zero-order valence-electron chi connectivity index (χ0n) is 16.8. The minimum Gasteiger partial charge on any atom is -0.493 e. The standard InChI is InChI=1S/C22H28NO4/c1-23-9-8-15-11-20(25-3)21(26-4)12-16(15)18(23)10-14-6-7-19(24-2)22(27-5)17(14)13-23/h6-7,11-12,18H,8-10,13H2,1-5H3/q+1/t18-,23+/m0/s1. The first-order chi connectivity index (χ1) is 13.0. The van der Waals surface area contributed by atoms with Gasteiger partial charge < -0.3 is 23.4 Å². The highest BCUT2D eigenvalue weighted by Crippen LogP contribution is 2.48. The molecule has 5 heteroatoms. The summed E-state index contributed by atoms with van der Waals surface area (Å²) < 4.78 is 23.3. The summed E-state index contributed by atoms with van der Waals surface area (Å²) >= 11 is 0. The van der Waals surface area contributed by atoms with Crippen LogP contribution < -0.4 is 18.9 Å². The molecule has 0 bridgehead atoms. The van der Waals surface area contributed by atoms with Crippen LogP contribution in [-0.4, -0.2) is 46.5 Å². The topological polar surface area (TPSA) is 36.9 Å². The maximum Gasteiger partial charge on any atom is 0.169 e. The van der Waals surface area contributed by atoms with Crippen LogP contribution in [0.2, 0.25) is 0 Å². The van der Waals surface area contributed by atoms with Crippen LogP contribution in [0.25, 0.3) is 0 Å². The molecule has 0 saturated carbocycles. The molecular formula is C22H28NO4+. The normalized spacial score (nSPS) is 22.9. The number of nitrogens with zero attached hydrogens (tertiary/aromatic N) is 1. The Kier molecular flexibility index (Phi) is 4.42. The molecule has 2 aliphatic rings. The molecule has 0 aromatic heterocycles. The Morgan fingerprint density at radius 3 is 2.22 bits per heavy atom. The molecule has 0 fully saturated rings. The third-order valence-corrected chi connectivity index (χ3v) is 6.33. The first-order valence-electron chi connectivity index (χ1n) is 9.36. The van der Waals surface area contributed by atoms with Crippen molar-refractivity contribution >= 4 is 0 Å². The minimum absolute atomic E-state index is 0.402. The van der Waals surface area contributed by atoms with Crippen LogP contribution in [0, 0.1) is 0 Å². The second-order valence-electron chi connectivity index (χ2n) is 7.68. The van der Waals surface area contributed by atoms with Gasteiger partial charge in [0.05, 0.1) is 47.6 Å². The molecule has 5 nitrogen and oxygen atoms in total. The number of benzene rings is 2. The van der Waals surface area contributed by atoms with Gasteiger partial charge in [0.15, 0.2) is 23.0 Å². The van der Waals surface area contributed by atoms with Gasteiger partial charge in [0.25, 0.3) is 0 Å². The second kappa shape index (κ2) is 6.64. The van der Waals surface area contributed by atoms with Gasteiger partial charge in [-0.3, -0.25) is 0 Å². The molecule has 2 aliphatic heterocycles. The summed E-state index contributed by atoms with van der Waals surface area (Å²) in [7, 11) is 9.18. The average Bonchev–Trinajstić information content (AvgIpc) is 2.70. The van der Waals surface area contributed by atoms with Crippen LogP contribution in [0.3, 0.4) is 0 Å². The SMILES string of the molecule is COc1cc2c(cc1OC)[C@@H]1Cc3ccc(OC)c(OC)c3C[N@@+]1(C)CC2. The average molecular weight is 370 g/mol. The summed E-state index contributed by atoms with van der Waals surface area (Å²) in [6, 6.07) is 8.95. The van der Waals surface area contributed by atoms with Gasteiger partial charge in [0.1, 0.15) is 12.6 Å². The molecule has 2 aromatic rings. The van der Waals surface area contributed by atoms with Crippen molar-refractivity contribution in [3.05, 3.63) is 46.5 Å². The van der Waals surface area contributed by atoms with E-state index < -0.39 is 0 Å². The Morgan fingerprint density at radius 2 is 1.56 bits per heavy atom. The van der Waals surface area contributed by atoms with Gasteiger partial charge in [-0.1, -0.05) is 6.07 Å². The summed E-state index contributed by atoms with van der Waals surface area (Å²) in [5, 5.41) is 0. The lowest BCUT2D eigenvalue weighted by atomic mass is 9.81. The molecule has 2 aromatic carbocycles. The molecule has 0 aliphatic carbocycles. The molecule has 0 radical (unpaired) electrons. The number of hydrogen-bond acceptors (Lipinski definition) is 4. The van der Waals surface area contributed by atoms with Gasteiger partial charge >= 0.3 is 0 Å². The van der Waals surface area contributed by atoms with Crippen molar-refractivity contribution in [1.29, 1.82) is 0 Å². The van der Waals surface area contributed by atoms with Crippen molar-refractivity contribution < 1.29 is 23.4 Å². The van der Waals surface area contributed by atoms with Crippen molar-refractivity contribution in [3.8, 4) is 23.0 Å². The van der Waals surface area contributed by atoms with E-state index in [-0.39, 0.29) is 0 Å². The van der Waals surface area contributed by atoms with E-state index in [1.165, 1.54) is 22.3 Å². The van der Waals surface area contributed by atoms with Gasteiger partial charge in [-0.25, -0.2) is 0 Å². The Hall–Kier alpha value is -2.40. The first kappa shape index (κ1) is 18.0. The highest BCUT2D eigenvalue weighted by Gasteiger charge is 2.44. The predicted octanol–water partition coefficient (Wildman–Crippen LogP) is 3.52. The third kappa shape index (κ3) is 2.72. The van der Waals surface area contributed by atoms with E-state index in [1.54, 1.807) is 28.4 Å². The van der Waals surface area contributed by atoms with Gasteiger partial charge in [-0.2, -0.15) is 0 Å². The van der Waals surface area contributed by atoms with E-state index in [1.807, 2.05) is 6.07 Å². The minimum atomic E-state index is 0.402. The lowest BCUT2D eigenvalue weighted by Gasteiger charge is -2.49. The molecule has 27 heavy (non-hydrogen) atoms. The van der Waals surface area contributed by atoms with Crippen molar-refractivity contribution in [3.63, 3.8) is 0 Å². The van der Waals surface area contributed by atoms with Crippen molar-refractivity contribution in [2.75, 3.05) is 42.0 Å². The van der Waals surface area contributed by atoms with Crippen LogP contribution in [0.15, 0.2) is 24.3 Å². The fraction of sp³-hybridized carbons (Fsp3) is 0.455. The number of fused-ring (bicyclic) bond motifs is 4. The van der Waals surface area contributed by atoms with E-state index in [9.17, 15) is 0 Å². The molecule has 0 amide bonds. The van der Waals surface area contributed by atoms with Gasteiger partial charge in [0.2, 0.25) is 0 Å². The van der Waals surface area contributed by atoms with Crippen LogP contribution in [0.5, 0.6) is 23.0 Å². The van der Waals surface area contributed by atoms with Crippen molar-refractivity contribution in [2.24, 2.45) is 0 Å². The van der Waals surface area contributed by atoms with E-state index in [4.69, 9.17) is 18.9 Å². The fourth-order valence-electron chi connectivity index (χ4n) is 4.82. The van der Waals surface area contributed by atoms with E-state index in [0.717, 1.165) is 53.4 Å². The molecule has 2 heterocycles. The highest BCUT2D eigenvalue weighted by molar-refractivity contribution is 5.53. The Bertz CT molecular complexity index is 879. The lowest BCUT2D eigenvalue weighted by molar-refractivity contribution is -0.956. The molecule has 4 rings (SSSR count). The number of ether oxygens (including phenoxy) is 4. The fourth-order valence-corrected chi connectivity index (χ4v) is 4.82. The second-order valence-corrected chi connectivity index (χ2v) is 7.68. The predicted molar refractivity (Wildman–Crippen MR) is 104 cm³/mol. The van der Waals surface area contributed by atoms with Crippen LogP contribution in [-0.2, 0) is 19.4 Å². The number of rotatable bonds is 4. The molecule has 0 saturated heterocycles. The summed E-state index contributed by atoms with van der Waals surface area (Å²) in [5.41, 5.74) is 5.37. The molecule has 144 valence electrons. The Balaban J connectivity index is 1.82. The third-order valence-electron chi connectivity index (χ3n) is 6.33. The van der Waals surface area contributed by atoms with Crippen molar-refractivity contribution in [2.45, 2.75) is 25.4 Å². The van der Waals surface area contributed by atoms with Gasteiger partial charge in [0, 0.05) is 18.4 Å². The largest absolute Gasteiger partial charge is 0.493 e. The number of quaternary nitrogens is 1. The maximum atomic E-state index is 5.72. The van der Waals surface area contributed by atoms with Crippen LogP contribution >= 0.6 is 0 Å². The smallest absolute Gasteiger partial charge is 0.169 e. The Labute approximate surface area is 161 Å².